The summed E-state index contributed by atoms with van der Waals surface area (Å²) >= 11 is 0.299. The minimum atomic E-state index is 0.299. The molecule has 8 heavy (non-hydrogen) atoms. The molecule has 0 aromatic rings. The van der Waals surface area contributed by atoms with Gasteiger partial charge in [0.15, 0.2) is 0 Å². The van der Waals surface area contributed by atoms with Gasteiger partial charge in [-0.3, -0.25) is 0 Å². The molecule has 0 amide bonds. The molecule has 0 saturated heterocycles. The van der Waals surface area contributed by atoms with E-state index in [-0.39, 0.29) is 0 Å². The zero-order valence-corrected chi connectivity index (χ0v) is 7.05. The predicted molar refractivity (Wildman–Crippen MR) is 47.6 cm³/mol. The van der Waals surface area contributed by atoms with E-state index in [9.17, 15) is 0 Å². The first kappa shape index (κ1) is 6.20. The number of hydrogen-bond acceptors (Lipinski definition) is 0. The summed E-state index contributed by atoms with van der Waals surface area (Å²) in [5.74, 6) is 0. The molecule has 0 spiro atoms. The van der Waals surface area contributed by atoms with Gasteiger partial charge in [0, 0.05) is 0 Å². The number of allylic oxidation sites excluding steroid dienone is 3. The van der Waals surface area contributed by atoms with E-state index in [2.05, 4.69) is 27.2 Å². The van der Waals surface area contributed by atoms with Crippen molar-refractivity contribution in [1.29, 1.82) is 0 Å². The van der Waals surface area contributed by atoms with Crippen LogP contribution in [0.25, 0.3) is 0 Å². The molecule has 0 unspecified atom stereocenters. The summed E-state index contributed by atoms with van der Waals surface area (Å²) < 4.78 is 4.61. The van der Waals surface area contributed by atoms with Crippen LogP contribution in [0.1, 0.15) is 13.3 Å². The molecule has 0 aromatic heterocycles. The maximum absolute atomic E-state index is 2.30. The molecule has 0 saturated carbocycles. The molecule has 1 heterocycles. The lowest BCUT2D eigenvalue weighted by Crippen LogP contribution is -1.75. The first-order valence-corrected chi connectivity index (χ1v) is 5.23. The standard InChI is InChI=1S/C7H9I/c1-2-7-3-5-8-6-4-7/h3-6H,2H2,1H3. The van der Waals surface area contributed by atoms with Crippen LogP contribution in [0.3, 0.4) is 0 Å². The van der Waals surface area contributed by atoms with Crippen LogP contribution in [0, 0.1) is 0 Å². The van der Waals surface area contributed by atoms with Crippen molar-refractivity contribution in [3.8, 4) is 0 Å². The van der Waals surface area contributed by atoms with Gasteiger partial charge in [-0.05, 0) is 20.1 Å². The third-order valence-corrected chi connectivity index (χ3v) is 2.66. The Morgan fingerprint density at radius 1 is 1.62 bits per heavy atom. The lowest BCUT2D eigenvalue weighted by Gasteiger charge is -1.94. The van der Waals surface area contributed by atoms with Gasteiger partial charge in [-0.1, -0.05) is 39.8 Å². The van der Waals surface area contributed by atoms with Gasteiger partial charge >= 0.3 is 0 Å². The van der Waals surface area contributed by atoms with Gasteiger partial charge in [0.05, 0.1) is 0 Å². The zero-order valence-electron chi connectivity index (χ0n) is 4.89. The van der Waals surface area contributed by atoms with Crippen LogP contribution < -0.4 is 0 Å². The molecule has 0 atom stereocenters. The van der Waals surface area contributed by atoms with Crippen molar-refractivity contribution < 1.29 is 0 Å². The number of halogens is 1. The van der Waals surface area contributed by atoms with Gasteiger partial charge in [-0.25, -0.2) is 0 Å². The normalized spacial score (nSPS) is 17.4. The molecular weight excluding hydrogens is 211 g/mol. The van der Waals surface area contributed by atoms with E-state index in [0.29, 0.717) is 20.7 Å². The maximum Gasteiger partial charge on any atom is -0.0284 e. The van der Waals surface area contributed by atoms with Crippen LogP contribution in [-0.2, 0) is 0 Å². The van der Waals surface area contributed by atoms with E-state index in [4.69, 9.17) is 0 Å². The summed E-state index contributed by atoms with van der Waals surface area (Å²) in [6.07, 6.45) is 5.66. The Balaban J connectivity index is 2.68. The Morgan fingerprint density at radius 2 is 2.50 bits per heavy atom. The Kier molecular flexibility index (Phi) is 2.46. The number of rotatable bonds is 1. The molecular formula is C7H9I. The van der Waals surface area contributed by atoms with Crippen molar-refractivity contribution >= 4 is 24.7 Å². The molecule has 44 valence electrons. The molecule has 1 aliphatic rings. The summed E-state index contributed by atoms with van der Waals surface area (Å²) in [5.41, 5.74) is 1.47. The molecule has 0 fully saturated rings. The summed E-state index contributed by atoms with van der Waals surface area (Å²) in [5, 5.41) is 0. The monoisotopic (exact) mass is 220 g/mol. The van der Waals surface area contributed by atoms with Crippen LogP contribution in [-0.4, -0.2) is 4.01 Å². The predicted octanol–water partition coefficient (Wildman–Crippen LogP) is 2.62. The summed E-state index contributed by atoms with van der Waals surface area (Å²) in [6.45, 7) is 2.19. The fourth-order valence-corrected chi connectivity index (χ4v) is 2.15. The van der Waals surface area contributed by atoms with E-state index in [1.54, 1.807) is 0 Å². The number of hydrogen-bond donors (Lipinski definition) is 0. The quantitative estimate of drug-likeness (QED) is 0.596. The summed E-state index contributed by atoms with van der Waals surface area (Å²) in [4.78, 5) is 0. The van der Waals surface area contributed by atoms with E-state index in [1.165, 1.54) is 12.0 Å². The average molecular weight is 220 g/mol. The Hall–Kier alpha value is 0.0800. The van der Waals surface area contributed by atoms with Crippen LogP contribution in [0.2, 0.25) is 0 Å². The van der Waals surface area contributed by atoms with Crippen LogP contribution >= 0.6 is 20.7 Å². The molecule has 0 bridgehead atoms. The van der Waals surface area contributed by atoms with Crippen LogP contribution in [0.4, 0.5) is 0 Å². The molecule has 0 nitrogen and oxygen atoms in total. The topological polar surface area (TPSA) is 0 Å². The molecule has 1 aliphatic heterocycles. The highest BCUT2D eigenvalue weighted by Gasteiger charge is 1.86. The third kappa shape index (κ3) is 1.54. The van der Waals surface area contributed by atoms with Crippen molar-refractivity contribution in [3.63, 3.8) is 0 Å². The zero-order chi connectivity index (χ0) is 5.82. The smallest absolute Gasteiger partial charge is 0.0284 e. The highest BCUT2D eigenvalue weighted by molar-refractivity contribution is 14.2. The molecule has 0 N–H and O–H groups in total. The molecule has 0 radical (unpaired) electrons. The third-order valence-electron chi connectivity index (χ3n) is 1.11. The van der Waals surface area contributed by atoms with E-state index >= 15 is 0 Å². The van der Waals surface area contributed by atoms with Crippen molar-refractivity contribution in [2.45, 2.75) is 13.3 Å². The van der Waals surface area contributed by atoms with Gasteiger partial charge in [-0.15, -0.1) is 0 Å². The van der Waals surface area contributed by atoms with Crippen molar-refractivity contribution in [1.82, 2.24) is 0 Å². The van der Waals surface area contributed by atoms with Crippen LogP contribution in [0.5, 0.6) is 0 Å². The minimum Gasteiger partial charge on any atom is -0.0937 e. The van der Waals surface area contributed by atoms with E-state index < -0.39 is 0 Å². The lowest BCUT2D eigenvalue weighted by molar-refractivity contribution is 1.16. The summed E-state index contributed by atoms with van der Waals surface area (Å²) in [6, 6.07) is 0. The minimum absolute atomic E-state index is 0.299. The second kappa shape index (κ2) is 3.17. The maximum atomic E-state index is 2.30. The summed E-state index contributed by atoms with van der Waals surface area (Å²) in [7, 11) is 0. The fraction of sp³-hybridized carbons (Fsp3) is 0.286. The molecule has 1 rings (SSSR count). The second-order valence-corrected chi connectivity index (χ2v) is 3.80. The van der Waals surface area contributed by atoms with Gasteiger partial charge in [-0.2, -0.15) is 0 Å². The first-order valence-electron chi connectivity index (χ1n) is 2.74. The van der Waals surface area contributed by atoms with Gasteiger partial charge < -0.3 is 0 Å². The molecule has 0 aromatic carbocycles. The fourth-order valence-electron chi connectivity index (χ4n) is 0.568. The van der Waals surface area contributed by atoms with E-state index in [1.807, 2.05) is 0 Å². The molecule has 0 aliphatic carbocycles. The lowest BCUT2D eigenvalue weighted by atomic mass is 10.2. The van der Waals surface area contributed by atoms with Gasteiger partial charge in [0.25, 0.3) is 0 Å². The molecule has 1 heteroatoms. The SMILES string of the molecule is CCC1=CC=IC=C1. The second-order valence-electron chi connectivity index (χ2n) is 1.64. The Morgan fingerprint density at radius 3 is 2.88 bits per heavy atom. The van der Waals surface area contributed by atoms with Crippen molar-refractivity contribution in [3.05, 3.63) is 21.8 Å². The van der Waals surface area contributed by atoms with Gasteiger partial charge in [0.1, 0.15) is 0 Å². The Labute approximate surface area is 60.0 Å². The van der Waals surface area contributed by atoms with E-state index in [0.717, 1.165) is 0 Å². The largest absolute Gasteiger partial charge is 0.0937 e. The Bertz CT molecular complexity index is 152. The van der Waals surface area contributed by atoms with Crippen molar-refractivity contribution in [2.75, 3.05) is 0 Å². The van der Waals surface area contributed by atoms with Crippen LogP contribution in [0.15, 0.2) is 21.8 Å². The van der Waals surface area contributed by atoms with Crippen molar-refractivity contribution in [2.24, 2.45) is 0 Å². The highest BCUT2D eigenvalue weighted by Crippen LogP contribution is 2.11. The average Bonchev–Trinajstić information content (AvgIpc) is 1.90. The first-order chi connectivity index (χ1) is 3.93. The highest BCUT2D eigenvalue weighted by atomic mass is 127. The van der Waals surface area contributed by atoms with Gasteiger partial charge in [0.2, 0.25) is 0 Å².